The van der Waals surface area contributed by atoms with E-state index in [0.717, 1.165) is 45.1 Å². The van der Waals surface area contributed by atoms with Crippen LogP contribution in [0, 0.1) is 19.8 Å². The van der Waals surface area contributed by atoms with Crippen LogP contribution in [0.5, 0.6) is 0 Å². The Kier molecular flexibility index (Phi) is 5.57. The second-order valence-corrected chi connectivity index (χ2v) is 6.00. The van der Waals surface area contributed by atoms with Gasteiger partial charge < -0.3 is 10.1 Å². The molecular formula is C15H28N4O. The third kappa shape index (κ3) is 3.81. The number of aromatic nitrogens is 2. The highest BCUT2D eigenvalue weighted by atomic mass is 16.5. The van der Waals surface area contributed by atoms with Crippen molar-refractivity contribution in [2.45, 2.75) is 40.3 Å². The summed E-state index contributed by atoms with van der Waals surface area (Å²) in [6.45, 7) is 14.5. The minimum absolute atomic E-state index is 0.575. The quantitative estimate of drug-likeness (QED) is 0.828. The summed E-state index contributed by atoms with van der Waals surface area (Å²) in [5.74, 6) is 0.646. The van der Waals surface area contributed by atoms with E-state index in [1.807, 2.05) is 0 Å². The minimum Gasteiger partial charge on any atom is -0.379 e. The summed E-state index contributed by atoms with van der Waals surface area (Å²) in [4.78, 5) is 2.55. The number of ether oxygens (including phenoxy) is 1. The first-order valence-electron chi connectivity index (χ1n) is 7.62. The third-order valence-electron chi connectivity index (χ3n) is 4.22. The van der Waals surface area contributed by atoms with E-state index in [-0.39, 0.29) is 0 Å². The van der Waals surface area contributed by atoms with Gasteiger partial charge in [0.25, 0.3) is 0 Å². The van der Waals surface area contributed by atoms with Crippen molar-refractivity contribution >= 4 is 0 Å². The van der Waals surface area contributed by atoms with Crippen molar-refractivity contribution in [3.05, 3.63) is 17.0 Å². The standard InChI is InChI=1S/C15H28N4O/c1-11(2)15(19-5-7-20-8-6-19)10-16-9-14-12(3)17-18-13(14)4/h11,15-16H,5-10H2,1-4H3,(H,17,18)/t15-/m0/s1. The van der Waals surface area contributed by atoms with E-state index in [2.05, 4.69) is 48.1 Å². The summed E-state index contributed by atoms with van der Waals surface area (Å²) in [5, 5.41) is 10.9. The van der Waals surface area contributed by atoms with Gasteiger partial charge in [-0.05, 0) is 19.8 Å². The highest BCUT2D eigenvalue weighted by Gasteiger charge is 2.23. The van der Waals surface area contributed by atoms with Crippen molar-refractivity contribution in [1.82, 2.24) is 20.4 Å². The largest absolute Gasteiger partial charge is 0.379 e. The first kappa shape index (κ1) is 15.5. The highest BCUT2D eigenvalue weighted by molar-refractivity contribution is 5.22. The van der Waals surface area contributed by atoms with Gasteiger partial charge in [-0.2, -0.15) is 5.10 Å². The van der Waals surface area contributed by atoms with E-state index in [1.165, 1.54) is 11.3 Å². The van der Waals surface area contributed by atoms with E-state index in [1.54, 1.807) is 0 Å². The summed E-state index contributed by atoms with van der Waals surface area (Å²) in [5.41, 5.74) is 3.57. The molecule has 1 fully saturated rings. The molecule has 20 heavy (non-hydrogen) atoms. The lowest BCUT2D eigenvalue weighted by atomic mass is 10.0. The maximum Gasteiger partial charge on any atom is 0.0638 e. The molecule has 0 saturated carbocycles. The molecule has 0 spiro atoms. The number of morpholine rings is 1. The van der Waals surface area contributed by atoms with Gasteiger partial charge in [0.05, 0.1) is 18.9 Å². The zero-order chi connectivity index (χ0) is 14.5. The van der Waals surface area contributed by atoms with Crippen molar-refractivity contribution < 1.29 is 4.74 Å². The molecule has 1 aliphatic heterocycles. The van der Waals surface area contributed by atoms with Crippen molar-refractivity contribution in [3.63, 3.8) is 0 Å². The van der Waals surface area contributed by atoms with Crippen molar-refractivity contribution in [3.8, 4) is 0 Å². The molecule has 0 amide bonds. The lowest BCUT2D eigenvalue weighted by Gasteiger charge is -2.37. The Morgan fingerprint density at radius 2 is 2.00 bits per heavy atom. The minimum atomic E-state index is 0.575. The van der Waals surface area contributed by atoms with Crippen molar-refractivity contribution in [2.24, 2.45) is 5.92 Å². The van der Waals surface area contributed by atoms with Crippen LogP contribution >= 0.6 is 0 Å². The molecule has 2 rings (SSSR count). The van der Waals surface area contributed by atoms with E-state index in [9.17, 15) is 0 Å². The van der Waals surface area contributed by atoms with Gasteiger partial charge in [-0.25, -0.2) is 0 Å². The summed E-state index contributed by atoms with van der Waals surface area (Å²) in [6.07, 6.45) is 0. The zero-order valence-corrected chi connectivity index (χ0v) is 13.2. The molecule has 0 bridgehead atoms. The fourth-order valence-electron chi connectivity index (χ4n) is 2.88. The molecule has 1 atom stereocenters. The molecule has 0 aliphatic carbocycles. The number of aromatic amines is 1. The molecule has 1 aromatic heterocycles. The molecule has 0 radical (unpaired) electrons. The van der Waals surface area contributed by atoms with Gasteiger partial charge in [0, 0.05) is 43.5 Å². The van der Waals surface area contributed by atoms with E-state index < -0.39 is 0 Å². The van der Waals surface area contributed by atoms with Gasteiger partial charge in [-0.1, -0.05) is 13.8 Å². The van der Waals surface area contributed by atoms with Gasteiger partial charge in [-0.3, -0.25) is 10.00 Å². The second-order valence-electron chi connectivity index (χ2n) is 6.00. The fourth-order valence-corrected chi connectivity index (χ4v) is 2.88. The zero-order valence-electron chi connectivity index (χ0n) is 13.2. The van der Waals surface area contributed by atoms with Crippen molar-refractivity contribution in [2.75, 3.05) is 32.8 Å². The fraction of sp³-hybridized carbons (Fsp3) is 0.800. The Morgan fingerprint density at radius 1 is 1.30 bits per heavy atom. The Balaban J connectivity index is 1.86. The van der Waals surface area contributed by atoms with Crippen LogP contribution in [-0.2, 0) is 11.3 Å². The molecule has 114 valence electrons. The number of nitrogens with zero attached hydrogens (tertiary/aromatic N) is 2. The maximum absolute atomic E-state index is 5.45. The lowest BCUT2D eigenvalue weighted by Crippen LogP contribution is -2.50. The van der Waals surface area contributed by atoms with E-state index >= 15 is 0 Å². The van der Waals surface area contributed by atoms with Crippen LogP contribution in [0.2, 0.25) is 0 Å². The first-order chi connectivity index (χ1) is 9.59. The van der Waals surface area contributed by atoms with Crippen LogP contribution in [0.25, 0.3) is 0 Å². The molecule has 0 unspecified atom stereocenters. The average Bonchev–Trinajstić information content (AvgIpc) is 2.75. The van der Waals surface area contributed by atoms with Crippen LogP contribution in [0.15, 0.2) is 0 Å². The number of H-pyrrole nitrogens is 1. The number of hydrogen-bond acceptors (Lipinski definition) is 4. The van der Waals surface area contributed by atoms with Gasteiger partial charge in [0.1, 0.15) is 0 Å². The number of hydrogen-bond donors (Lipinski definition) is 2. The topological polar surface area (TPSA) is 53.2 Å². The summed E-state index contributed by atoms with van der Waals surface area (Å²) >= 11 is 0. The third-order valence-corrected chi connectivity index (χ3v) is 4.22. The second kappa shape index (κ2) is 7.20. The smallest absolute Gasteiger partial charge is 0.0638 e. The average molecular weight is 280 g/mol. The van der Waals surface area contributed by atoms with Crippen LogP contribution in [0.3, 0.4) is 0 Å². The highest BCUT2D eigenvalue weighted by Crippen LogP contribution is 2.13. The monoisotopic (exact) mass is 280 g/mol. The van der Waals surface area contributed by atoms with Gasteiger partial charge in [0.2, 0.25) is 0 Å². The van der Waals surface area contributed by atoms with Crippen LogP contribution in [-0.4, -0.2) is 54.0 Å². The van der Waals surface area contributed by atoms with E-state index in [4.69, 9.17) is 4.74 Å². The molecule has 0 aromatic carbocycles. The van der Waals surface area contributed by atoms with Crippen LogP contribution in [0.1, 0.15) is 30.8 Å². The molecule has 1 aromatic rings. The summed E-state index contributed by atoms with van der Waals surface area (Å²) in [6, 6.07) is 0.575. The van der Waals surface area contributed by atoms with Crippen molar-refractivity contribution in [1.29, 1.82) is 0 Å². The number of nitrogens with one attached hydrogen (secondary N) is 2. The van der Waals surface area contributed by atoms with Gasteiger partial charge >= 0.3 is 0 Å². The first-order valence-corrected chi connectivity index (χ1v) is 7.62. The number of aryl methyl sites for hydroxylation is 2. The molecule has 2 heterocycles. The van der Waals surface area contributed by atoms with Crippen LogP contribution in [0.4, 0.5) is 0 Å². The SMILES string of the molecule is Cc1n[nH]c(C)c1CNC[C@@H](C(C)C)N1CCOCC1. The van der Waals surface area contributed by atoms with Crippen LogP contribution < -0.4 is 5.32 Å². The summed E-state index contributed by atoms with van der Waals surface area (Å²) in [7, 11) is 0. The lowest BCUT2D eigenvalue weighted by molar-refractivity contribution is 0.00647. The Labute approximate surface area is 122 Å². The Hall–Kier alpha value is -0.910. The molecule has 5 nitrogen and oxygen atoms in total. The Morgan fingerprint density at radius 3 is 2.55 bits per heavy atom. The molecule has 1 saturated heterocycles. The normalized spacial score (nSPS) is 18.6. The molecule has 1 aliphatic rings. The van der Waals surface area contributed by atoms with Gasteiger partial charge in [0.15, 0.2) is 0 Å². The predicted molar refractivity (Wildman–Crippen MR) is 80.8 cm³/mol. The molecule has 5 heteroatoms. The Bertz CT molecular complexity index is 391. The summed E-state index contributed by atoms with van der Waals surface area (Å²) < 4.78 is 5.45. The van der Waals surface area contributed by atoms with Gasteiger partial charge in [-0.15, -0.1) is 0 Å². The molecule has 2 N–H and O–H groups in total. The van der Waals surface area contributed by atoms with E-state index in [0.29, 0.717) is 12.0 Å². The number of rotatable bonds is 6. The maximum atomic E-state index is 5.45. The predicted octanol–water partition coefficient (Wildman–Crippen LogP) is 1.47. The molecular weight excluding hydrogens is 252 g/mol.